The van der Waals surface area contributed by atoms with Crippen molar-refractivity contribution in [3.8, 4) is 0 Å². The summed E-state index contributed by atoms with van der Waals surface area (Å²) in [4.78, 5) is 15.2. The van der Waals surface area contributed by atoms with E-state index in [1.165, 1.54) is 10.4 Å². The molecule has 1 amide bonds. The molecule has 0 saturated carbocycles. The summed E-state index contributed by atoms with van der Waals surface area (Å²) < 4.78 is 41.3. The number of piperidine rings is 2. The van der Waals surface area contributed by atoms with Gasteiger partial charge in [-0.1, -0.05) is 24.1 Å². The molecule has 1 N–H and O–H groups in total. The molecule has 2 aliphatic rings. The summed E-state index contributed by atoms with van der Waals surface area (Å²) in [6, 6.07) is 11.0. The van der Waals surface area contributed by atoms with Crippen molar-refractivity contribution in [2.75, 3.05) is 31.5 Å². The number of nitrogens with one attached hydrogen (secondary N) is 1. The van der Waals surface area contributed by atoms with Crippen LogP contribution < -0.4 is 5.32 Å². The lowest BCUT2D eigenvalue weighted by molar-refractivity contribution is -0.121. The third kappa shape index (κ3) is 5.74. The van der Waals surface area contributed by atoms with Crippen LogP contribution in [0.2, 0.25) is 5.02 Å². The summed E-state index contributed by atoms with van der Waals surface area (Å²) >= 11 is 6.16. The predicted molar refractivity (Wildman–Crippen MR) is 127 cm³/mol. The first-order chi connectivity index (χ1) is 15.8. The Morgan fingerprint density at radius 2 is 1.76 bits per heavy atom. The van der Waals surface area contributed by atoms with Crippen molar-refractivity contribution in [3.05, 3.63) is 58.9 Å². The summed E-state index contributed by atoms with van der Waals surface area (Å²) in [6.45, 7) is 2.75. The monoisotopic (exact) mass is 493 g/mol. The lowest BCUT2D eigenvalue weighted by atomic mass is 9.96. The highest BCUT2D eigenvalue weighted by molar-refractivity contribution is 7.89. The first-order valence-electron chi connectivity index (χ1n) is 11.4. The van der Waals surface area contributed by atoms with Crippen LogP contribution in [0, 0.1) is 11.7 Å². The van der Waals surface area contributed by atoms with Crippen molar-refractivity contribution in [3.63, 3.8) is 0 Å². The zero-order valence-corrected chi connectivity index (χ0v) is 20.0. The molecular formula is C24H29ClFN3O3S. The summed E-state index contributed by atoms with van der Waals surface area (Å²) in [5.41, 5.74) is 1.01. The second kappa shape index (κ2) is 10.5. The lowest BCUT2D eigenvalue weighted by Crippen LogP contribution is -2.40. The van der Waals surface area contributed by atoms with E-state index in [1.54, 1.807) is 36.4 Å². The smallest absolute Gasteiger partial charge is 0.243 e. The molecule has 2 heterocycles. The average Bonchev–Trinajstić information content (AvgIpc) is 2.83. The molecule has 4 rings (SSSR count). The SMILES string of the molecule is O=C(Nc1ccc(S(=O)(=O)N2CCCCC2)cc1)C1CCCN(Cc2c(F)cccc2Cl)C1. The maximum atomic E-state index is 14.1. The third-order valence-electron chi connectivity index (χ3n) is 6.39. The van der Waals surface area contributed by atoms with Gasteiger partial charge in [-0.2, -0.15) is 4.31 Å². The summed E-state index contributed by atoms with van der Waals surface area (Å²) in [6.07, 6.45) is 4.40. The number of likely N-dealkylation sites (tertiary alicyclic amines) is 1. The molecule has 9 heteroatoms. The Morgan fingerprint density at radius 1 is 1.03 bits per heavy atom. The molecular weight excluding hydrogens is 465 g/mol. The fourth-order valence-corrected chi connectivity index (χ4v) is 6.27. The van der Waals surface area contributed by atoms with Crippen LogP contribution in [0.1, 0.15) is 37.7 Å². The Bertz CT molecular complexity index is 1070. The minimum atomic E-state index is -3.50. The normalized spacial score (nSPS) is 20.5. The molecule has 33 heavy (non-hydrogen) atoms. The third-order valence-corrected chi connectivity index (χ3v) is 8.66. The Labute approximate surface area is 199 Å². The fraction of sp³-hybridized carbons (Fsp3) is 0.458. The molecule has 1 atom stereocenters. The van der Waals surface area contributed by atoms with Gasteiger partial charge in [0.05, 0.1) is 10.8 Å². The van der Waals surface area contributed by atoms with E-state index in [9.17, 15) is 17.6 Å². The quantitative estimate of drug-likeness (QED) is 0.643. The number of nitrogens with zero attached hydrogens (tertiary/aromatic N) is 2. The van der Waals surface area contributed by atoms with Gasteiger partial charge in [0.1, 0.15) is 5.82 Å². The number of benzene rings is 2. The van der Waals surface area contributed by atoms with E-state index in [-0.39, 0.29) is 22.5 Å². The van der Waals surface area contributed by atoms with Crippen molar-refractivity contribution < 1.29 is 17.6 Å². The lowest BCUT2D eigenvalue weighted by Gasteiger charge is -2.32. The van der Waals surface area contributed by atoms with Gasteiger partial charge in [-0.25, -0.2) is 12.8 Å². The molecule has 0 bridgehead atoms. The highest BCUT2D eigenvalue weighted by Crippen LogP contribution is 2.26. The van der Waals surface area contributed by atoms with Crippen LogP contribution in [0.4, 0.5) is 10.1 Å². The number of halogens is 2. The van der Waals surface area contributed by atoms with Gasteiger partial charge in [-0.15, -0.1) is 0 Å². The van der Waals surface area contributed by atoms with Crippen LogP contribution >= 0.6 is 11.6 Å². The van der Waals surface area contributed by atoms with Crippen molar-refractivity contribution in [2.24, 2.45) is 5.92 Å². The van der Waals surface area contributed by atoms with E-state index in [4.69, 9.17) is 11.6 Å². The molecule has 2 aromatic rings. The van der Waals surface area contributed by atoms with Gasteiger partial charge in [-0.05, 0) is 68.6 Å². The number of hydrogen-bond donors (Lipinski definition) is 1. The molecule has 0 aliphatic carbocycles. The van der Waals surface area contributed by atoms with Gasteiger partial charge in [-0.3, -0.25) is 9.69 Å². The van der Waals surface area contributed by atoms with Crippen LogP contribution in [-0.4, -0.2) is 49.7 Å². The minimum absolute atomic E-state index is 0.119. The van der Waals surface area contributed by atoms with Gasteiger partial charge < -0.3 is 5.32 Å². The van der Waals surface area contributed by atoms with E-state index in [2.05, 4.69) is 5.32 Å². The molecule has 2 saturated heterocycles. The Kier molecular flexibility index (Phi) is 7.69. The number of sulfonamides is 1. The van der Waals surface area contributed by atoms with E-state index >= 15 is 0 Å². The predicted octanol–water partition coefficient (Wildman–Crippen LogP) is 4.50. The summed E-state index contributed by atoms with van der Waals surface area (Å²) in [5.74, 6) is -0.694. The topological polar surface area (TPSA) is 69.7 Å². The zero-order valence-electron chi connectivity index (χ0n) is 18.5. The molecule has 0 spiro atoms. The minimum Gasteiger partial charge on any atom is -0.326 e. The summed E-state index contributed by atoms with van der Waals surface area (Å²) in [7, 11) is -3.50. The van der Waals surface area contributed by atoms with Gasteiger partial charge in [0.25, 0.3) is 0 Å². The Hall–Kier alpha value is -2.00. The largest absolute Gasteiger partial charge is 0.326 e. The van der Waals surface area contributed by atoms with Crippen LogP contribution in [0.25, 0.3) is 0 Å². The number of carbonyl (C=O) groups excluding carboxylic acids is 1. The second-order valence-electron chi connectivity index (χ2n) is 8.75. The first kappa shape index (κ1) is 24.1. The van der Waals surface area contributed by atoms with Gasteiger partial charge >= 0.3 is 0 Å². The molecule has 2 aromatic carbocycles. The van der Waals surface area contributed by atoms with E-state index in [0.717, 1.165) is 38.6 Å². The molecule has 2 fully saturated rings. The van der Waals surface area contributed by atoms with E-state index in [0.29, 0.717) is 42.5 Å². The maximum absolute atomic E-state index is 14.1. The van der Waals surface area contributed by atoms with Crippen LogP contribution in [0.15, 0.2) is 47.4 Å². The highest BCUT2D eigenvalue weighted by atomic mass is 35.5. The zero-order chi connectivity index (χ0) is 23.4. The van der Waals surface area contributed by atoms with Crippen LogP contribution in [0.5, 0.6) is 0 Å². The maximum Gasteiger partial charge on any atom is 0.243 e. The number of amides is 1. The van der Waals surface area contributed by atoms with Gasteiger partial charge in [0.2, 0.25) is 15.9 Å². The molecule has 178 valence electrons. The number of hydrogen-bond acceptors (Lipinski definition) is 4. The first-order valence-corrected chi connectivity index (χ1v) is 13.2. The average molecular weight is 494 g/mol. The fourth-order valence-electron chi connectivity index (χ4n) is 4.53. The molecule has 0 radical (unpaired) electrons. The molecule has 1 unspecified atom stereocenters. The molecule has 2 aliphatic heterocycles. The van der Waals surface area contributed by atoms with Crippen molar-refractivity contribution in [2.45, 2.75) is 43.5 Å². The number of anilines is 1. The second-order valence-corrected chi connectivity index (χ2v) is 11.1. The van der Waals surface area contributed by atoms with Crippen molar-refractivity contribution in [1.82, 2.24) is 9.21 Å². The van der Waals surface area contributed by atoms with Crippen molar-refractivity contribution in [1.29, 1.82) is 0 Å². The number of rotatable bonds is 6. The molecule has 6 nitrogen and oxygen atoms in total. The van der Waals surface area contributed by atoms with Crippen LogP contribution in [-0.2, 0) is 21.4 Å². The Morgan fingerprint density at radius 3 is 2.45 bits per heavy atom. The van der Waals surface area contributed by atoms with E-state index < -0.39 is 10.0 Å². The van der Waals surface area contributed by atoms with Crippen molar-refractivity contribution >= 4 is 33.2 Å². The molecule has 0 aromatic heterocycles. The summed E-state index contributed by atoms with van der Waals surface area (Å²) in [5, 5.41) is 3.29. The van der Waals surface area contributed by atoms with Crippen LogP contribution in [0.3, 0.4) is 0 Å². The van der Waals surface area contributed by atoms with Gasteiger partial charge in [0.15, 0.2) is 0 Å². The number of carbonyl (C=O) groups is 1. The standard InChI is InChI=1S/C24H29ClFN3O3S/c25-22-7-4-8-23(26)21(22)17-28-13-5-6-18(16-28)24(30)27-19-9-11-20(12-10-19)33(31,32)29-14-2-1-3-15-29/h4,7-12,18H,1-3,5-6,13-17H2,(H,27,30). The van der Waals surface area contributed by atoms with Gasteiger partial charge in [0, 0.05) is 42.5 Å². The Balaban J connectivity index is 1.36. The highest BCUT2D eigenvalue weighted by Gasteiger charge is 2.28. The van der Waals surface area contributed by atoms with E-state index in [1.807, 2.05) is 4.90 Å².